The lowest BCUT2D eigenvalue weighted by Crippen LogP contribution is -2.36. The second-order valence-corrected chi connectivity index (χ2v) is 9.35. The third-order valence-electron chi connectivity index (χ3n) is 5.29. The molecule has 1 N–H and O–H groups in total. The highest BCUT2D eigenvalue weighted by Gasteiger charge is 2.23. The van der Waals surface area contributed by atoms with Crippen molar-refractivity contribution >= 4 is 33.2 Å². The summed E-state index contributed by atoms with van der Waals surface area (Å²) in [5.41, 5.74) is 3.67. The number of sulfonamides is 1. The molecule has 154 valence electrons. The van der Waals surface area contributed by atoms with Crippen LogP contribution in [0.15, 0.2) is 71.6 Å². The molecule has 0 spiro atoms. The van der Waals surface area contributed by atoms with Gasteiger partial charge in [-0.15, -0.1) is 0 Å². The molecule has 0 unspecified atom stereocenters. The quantitative estimate of drug-likeness (QED) is 0.642. The van der Waals surface area contributed by atoms with Crippen LogP contribution in [0, 0.1) is 6.92 Å². The lowest BCUT2D eigenvalue weighted by atomic mass is 9.98. The van der Waals surface area contributed by atoms with Gasteiger partial charge in [-0.1, -0.05) is 41.9 Å². The Balaban J connectivity index is 1.57. The molecule has 3 aromatic rings. The molecule has 30 heavy (non-hydrogen) atoms. The van der Waals surface area contributed by atoms with Crippen LogP contribution < -0.4 is 4.72 Å². The summed E-state index contributed by atoms with van der Waals surface area (Å²) < 4.78 is 28.4. The molecule has 0 saturated carbocycles. The summed E-state index contributed by atoms with van der Waals surface area (Å²) in [7, 11) is -3.78. The Morgan fingerprint density at radius 1 is 1.00 bits per heavy atom. The predicted molar refractivity (Wildman–Crippen MR) is 118 cm³/mol. The molecule has 0 aliphatic carbocycles. The first-order chi connectivity index (χ1) is 14.3. The maximum atomic E-state index is 12.9. The van der Waals surface area contributed by atoms with Gasteiger partial charge in [-0.25, -0.2) is 8.42 Å². The third kappa shape index (κ3) is 4.06. The number of hydrogen-bond donors (Lipinski definition) is 1. The molecule has 1 heterocycles. The largest absolute Gasteiger partial charge is 0.334 e. The first kappa shape index (κ1) is 20.4. The second-order valence-electron chi connectivity index (χ2n) is 7.29. The zero-order valence-electron chi connectivity index (χ0n) is 16.4. The molecule has 5 nitrogen and oxygen atoms in total. The summed E-state index contributed by atoms with van der Waals surface area (Å²) in [6.45, 7) is 2.75. The van der Waals surface area contributed by atoms with E-state index in [1.165, 1.54) is 6.07 Å². The Morgan fingerprint density at radius 3 is 2.53 bits per heavy atom. The zero-order valence-corrected chi connectivity index (χ0v) is 18.0. The molecule has 0 radical (unpaired) electrons. The highest BCUT2D eigenvalue weighted by atomic mass is 35.5. The van der Waals surface area contributed by atoms with Gasteiger partial charge in [0.1, 0.15) is 0 Å². The van der Waals surface area contributed by atoms with Gasteiger partial charge in [0.15, 0.2) is 0 Å². The van der Waals surface area contributed by atoms with Crippen LogP contribution in [-0.2, 0) is 23.0 Å². The zero-order chi connectivity index (χ0) is 21.3. The van der Waals surface area contributed by atoms with Gasteiger partial charge in [0.25, 0.3) is 15.9 Å². The number of hydrogen-bond acceptors (Lipinski definition) is 3. The van der Waals surface area contributed by atoms with Crippen molar-refractivity contribution in [2.45, 2.75) is 24.8 Å². The summed E-state index contributed by atoms with van der Waals surface area (Å²) in [6.07, 6.45) is 0.730. The Bertz CT molecular complexity index is 1210. The van der Waals surface area contributed by atoms with E-state index < -0.39 is 10.0 Å². The number of benzene rings is 3. The van der Waals surface area contributed by atoms with E-state index in [0.717, 1.165) is 17.5 Å². The van der Waals surface area contributed by atoms with Crippen molar-refractivity contribution in [2.75, 3.05) is 11.3 Å². The minimum Gasteiger partial charge on any atom is -0.334 e. The smallest absolute Gasteiger partial charge is 0.262 e. The second kappa shape index (κ2) is 8.13. The van der Waals surface area contributed by atoms with Gasteiger partial charge in [-0.2, -0.15) is 0 Å². The normalized spacial score (nSPS) is 13.6. The minimum atomic E-state index is -3.78. The molecular weight excluding hydrogens is 420 g/mol. The maximum absolute atomic E-state index is 12.9. The van der Waals surface area contributed by atoms with Crippen molar-refractivity contribution in [3.63, 3.8) is 0 Å². The van der Waals surface area contributed by atoms with Crippen LogP contribution in [0.3, 0.4) is 0 Å². The van der Waals surface area contributed by atoms with Crippen molar-refractivity contribution in [2.24, 2.45) is 0 Å². The Morgan fingerprint density at radius 2 is 1.77 bits per heavy atom. The number of fused-ring (bicyclic) bond motifs is 1. The fraction of sp³-hybridized carbons (Fsp3) is 0.174. The average molecular weight is 441 g/mol. The summed E-state index contributed by atoms with van der Waals surface area (Å²) in [6, 6.07) is 19.4. The van der Waals surface area contributed by atoms with E-state index in [1.54, 1.807) is 48.2 Å². The highest BCUT2D eigenvalue weighted by molar-refractivity contribution is 7.92. The highest BCUT2D eigenvalue weighted by Crippen LogP contribution is 2.27. The molecule has 1 aliphatic rings. The molecule has 7 heteroatoms. The molecule has 0 atom stereocenters. The molecule has 3 aromatic carbocycles. The van der Waals surface area contributed by atoms with E-state index >= 15 is 0 Å². The molecule has 4 rings (SSSR count). The first-order valence-corrected chi connectivity index (χ1v) is 11.5. The van der Waals surface area contributed by atoms with E-state index in [0.29, 0.717) is 34.9 Å². The Hall–Kier alpha value is -2.83. The Labute approximate surface area is 181 Å². The maximum Gasteiger partial charge on any atom is 0.262 e. The lowest BCUT2D eigenvalue weighted by molar-refractivity contribution is 0.0734. The SMILES string of the molecule is Cc1c(Cl)cccc1S(=O)(=O)Nc1ccc2c(c1)CN(C(=O)c1ccccc1)CC2. The number of amides is 1. The topological polar surface area (TPSA) is 66.5 Å². The van der Waals surface area contributed by atoms with Crippen molar-refractivity contribution in [3.8, 4) is 0 Å². The van der Waals surface area contributed by atoms with Crippen molar-refractivity contribution in [1.29, 1.82) is 0 Å². The summed E-state index contributed by atoms with van der Waals surface area (Å²) in [5.74, 6) is -0.0261. The Kier molecular flexibility index (Phi) is 5.54. The fourth-order valence-electron chi connectivity index (χ4n) is 3.65. The molecule has 1 aliphatic heterocycles. The van der Waals surface area contributed by atoms with Gasteiger partial charge in [0, 0.05) is 29.4 Å². The van der Waals surface area contributed by atoms with Gasteiger partial charge in [0.05, 0.1) is 4.90 Å². The van der Waals surface area contributed by atoms with Gasteiger partial charge in [0.2, 0.25) is 0 Å². The van der Waals surface area contributed by atoms with Crippen LogP contribution in [0.4, 0.5) is 5.69 Å². The van der Waals surface area contributed by atoms with Crippen molar-refractivity contribution in [1.82, 2.24) is 4.90 Å². The van der Waals surface area contributed by atoms with E-state index in [1.807, 2.05) is 24.3 Å². The molecule has 0 aromatic heterocycles. The number of nitrogens with one attached hydrogen (secondary N) is 1. The molecular formula is C23H21ClN2O3S. The van der Waals surface area contributed by atoms with Gasteiger partial charge in [-0.05, 0) is 66.4 Å². The minimum absolute atomic E-state index is 0.0261. The van der Waals surface area contributed by atoms with Gasteiger partial charge in [-0.3, -0.25) is 9.52 Å². The van der Waals surface area contributed by atoms with Crippen LogP contribution in [0.2, 0.25) is 5.02 Å². The molecule has 0 saturated heterocycles. The predicted octanol–water partition coefficient (Wildman–Crippen LogP) is 4.65. The fourth-order valence-corrected chi connectivity index (χ4v) is 5.19. The lowest BCUT2D eigenvalue weighted by Gasteiger charge is -2.29. The summed E-state index contributed by atoms with van der Waals surface area (Å²) >= 11 is 6.08. The van der Waals surface area contributed by atoms with Gasteiger partial charge < -0.3 is 4.90 Å². The monoisotopic (exact) mass is 440 g/mol. The van der Waals surface area contributed by atoms with E-state index in [9.17, 15) is 13.2 Å². The van der Waals surface area contributed by atoms with Crippen LogP contribution in [0.5, 0.6) is 0 Å². The molecule has 1 amide bonds. The summed E-state index contributed by atoms with van der Waals surface area (Å²) in [5, 5.41) is 0.401. The van der Waals surface area contributed by atoms with Crippen LogP contribution >= 0.6 is 11.6 Å². The van der Waals surface area contributed by atoms with Gasteiger partial charge >= 0.3 is 0 Å². The van der Waals surface area contributed by atoms with Crippen molar-refractivity contribution in [3.05, 3.63) is 94.0 Å². The summed E-state index contributed by atoms with van der Waals surface area (Å²) in [4.78, 5) is 14.7. The van der Waals surface area contributed by atoms with Crippen molar-refractivity contribution < 1.29 is 13.2 Å². The van der Waals surface area contributed by atoms with E-state index in [4.69, 9.17) is 11.6 Å². The average Bonchev–Trinajstić information content (AvgIpc) is 2.75. The molecule has 0 fully saturated rings. The number of carbonyl (C=O) groups is 1. The van der Waals surface area contributed by atoms with E-state index in [2.05, 4.69) is 4.72 Å². The number of nitrogens with zero attached hydrogens (tertiary/aromatic N) is 1. The number of carbonyl (C=O) groups excluding carboxylic acids is 1. The van der Waals surface area contributed by atoms with Crippen LogP contribution in [0.1, 0.15) is 27.0 Å². The number of halogens is 1. The van der Waals surface area contributed by atoms with Crippen LogP contribution in [-0.4, -0.2) is 25.8 Å². The standard InChI is InChI=1S/C23H21ClN2O3S/c1-16-21(24)8-5-9-22(16)30(28,29)25-20-11-10-17-12-13-26(15-19(17)14-20)23(27)18-6-3-2-4-7-18/h2-11,14,25H,12-13,15H2,1H3. The number of rotatable bonds is 4. The third-order valence-corrected chi connectivity index (χ3v) is 7.22. The van der Waals surface area contributed by atoms with Crippen LogP contribution in [0.25, 0.3) is 0 Å². The number of anilines is 1. The first-order valence-electron chi connectivity index (χ1n) is 9.59. The molecule has 0 bridgehead atoms. The van der Waals surface area contributed by atoms with E-state index in [-0.39, 0.29) is 10.8 Å².